The molecule has 3 nitrogen and oxygen atoms in total. The average Bonchev–Trinajstić information content (AvgIpc) is 2.24. The smallest absolute Gasteiger partial charge is 0.317 e. The van der Waals surface area contributed by atoms with Gasteiger partial charge < -0.3 is 5.11 Å². The number of carbonyl (C=O) groups is 1. The van der Waals surface area contributed by atoms with E-state index in [1.54, 1.807) is 0 Å². The number of aromatic nitrogens is 1. The van der Waals surface area contributed by atoms with Crippen molar-refractivity contribution in [2.75, 3.05) is 0 Å². The van der Waals surface area contributed by atoms with Crippen molar-refractivity contribution in [1.82, 2.24) is 4.98 Å². The summed E-state index contributed by atoms with van der Waals surface area (Å²) in [5.74, 6) is -0.701. The van der Waals surface area contributed by atoms with Crippen LogP contribution in [0, 0.1) is 5.92 Å². The molecule has 1 atom stereocenters. The Hall–Kier alpha value is -1.03. The molecule has 0 amide bonds. The SMILES string of the molecule is CC(C)C(Sc1ccc(C(C)(C)C)cn1)C(=O)O. The predicted molar refractivity (Wildman–Crippen MR) is 75.1 cm³/mol. The minimum Gasteiger partial charge on any atom is -0.480 e. The molecule has 1 unspecified atom stereocenters. The van der Waals surface area contributed by atoms with Gasteiger partial charge in [-0.15, -0.1) is 0 Å². The molecule has 1 aromatic rings. The lowest BCUT2D eigenvalue weighted by atomic mass is 9.88. The zero-order valence-corrected chi connectivity index (χ0v) is 12.4. The summed E-state index contributed by atoms with van der Waals surface area (Å²) in [4.78, 5) is 15.5. The van der Waals surface area contributed by atoms with Gasteiger partial charge in [-0.2, -0.15) is 0 Å². The van der Waals surface area contributed by atoms with Gasteiger partial charge in [0.15, 0.2) is 0 Å². The number of hydrogen-bond acceptors (Lipinski definition) is 3. The Bertz CT molecular complexity index is 407. The van der Waals surface area contributed by atoms with Crippen molar-refractivity contribution in [2.24, 2.45) is 5.92 Å². The zero-order valence-electron chi connectivity index (χ0n) is 11.6. The maximum absolute atomic E-state index is 11.1. The second-order valence-electron chi connectivity index (χ2n) is 5.76. The number of thioether (sulfide) groups is 1. The Morgan fingerprint density at radius 1 is 1.33 bits per heavy atom. The highest BCUT2D eigenvalue weighted by atomic mass is 32.2. The Balaban J connectivity index is 2.83. The van der Waals surface area contributed by atoms with Gasteiger partial charge in [0.2, 0.25) is 0 Å². The Kier molecular flexibility index (Phi) is 4.79. The molecule has 1 aromatic heterocycles. The third-order valence-electron chi connectivity index (χ3n) is 2.70. The minimum atomic E-state index is -0.781. The fraction of sp³-hybridized carbons (Fsp3) is 0.571. The molecule has 1 rings (SSSR count). The van der Waals surface area contributed by atoms with Gasteiger partial charge in [-0.25, -0.2) is 4.98 Å². The van der Waals surface area contributed by atoms with E-state index in [2.05, 4.69) is 25.8 Å². The lowest BCUT2D eigenvalue weighted by Crippen LogP contribution is -2.22. The molecule has 0 aliphatic rings. The number of nitrogens with zero attached hydrogens (tertiary/aromatic N) is 1. The second-order valence-corrected chi connectivity index (χ2v) is 6.92. The third-order valence-corrected chi connectivity index (χ3v) is 4.18. The number of carboxylic acid groups (broad SMARTS) is 1. The van der Waals surface area contributed by atoms with Crippen LogP contribution in [0.1, 0.15) is 40.2 Å². The summed E-state index contributed by atoms with van der Waals surface area (Å²) in [7, 11) is 0. The predicted octanol–water partition coefficient (Wildman–Crippen LogP) is 3.58. The van der Waals surface area contributed by atoms with Crippen molar-refractivity contribution in [3.63, 3.8) is 0 Å². The molecule has 0 fully saturated rings. The highest BCUT2D eigenvalue weighted by Crippen LogP contribution is 2.28. The van der Waals surface area contributed by atoms with E-state index in [1.807, 2.05) is 32.2 Å². The largest absolute Gasteiger partial charge is 0.480 e. The van der Waals surface area contributed by atoms with E-state index in [0.29, 0.717) is 0 Å². The molecule has 1 heterocycles. The molecule has 0 saturated heterocycles. The number of rotatable bonds is 4. The van der Waals surface area contributed by atoms with Crippen molar-refractivity contribution in [3.8, 4) is 0 Å². The summed E-state index contributed by atoms with van der Waals surface area (Å²) in [6.45, 7) is 10.2. The van der Waals surface area contributed by atoms with Gasteiger partial charge in [0.1, 0.15) is 5.25 Å². The van der Waals surface area contributed by atoms with Gasteiger partial charge in [0.05, 0.1) is 5.03 Å². The first-order valence-corrected chi connectivity index (χ1v) is 6.96. The minimum absolute atomic E-state index is 0.0699. The van der Waals surface area contributed by atoms with Crippen LogP contribution in [0.25, 0.3) is 0 Å². The number of aliphatic carboxylic acids is 1. The molecule has 0 aromatic carbocycles. The Morgan fingerprint density at radius 3 is 2.28 bits per heavy atom. The van der Waals surface area contributed by atoms with Crippen molar-refractivity contribution in [2.45, 2.75) is 50.3 Å². The van der Waals surface area contributed by atoms with Crippen LogP contribution < -0.4 is 0 Å². The molecule has 100 valence electrons. The highest BCUT2D eigenvalue weighted by Gasteiger charge is 2.23. The van der Waals surface area contributed by atoms with Crippen molar-refractivity contribution < 1.29 is 9.90 Å². The van der Waals surface area contributed by atoms with E-state index in [9.17, 15) is 4.79 Å². The topological polar surface area (TPSA) is 50.2 Å². The van der Waals surface area contributed by atoms with E-state index in [-0.39, 0.29) is 11.3 Å². The Labute approximate surface area is 113 Å². The van der Waals surface area contributed by atoms with Crippen LogP contribution >= 0.6 is 11.8 Å². The van der Waals surface area contributed by atoms with Gasteiger partial charge in [0, 0.05) is 6.20 Å². The molecule has 0 saturated carbocycles. The van der Waals surface area contributed by atoms with Gasteiger partial charge in [-0.3, -0.25) is 4.79 Å². The lowest BCUT2D eigenvalue weighted by Gasteiger charge is -2.19. The first-order chi connectivity index (χ1) is 8.21. The summed E-state index contributed by atoms with van der Waals surface area (Å²) < 4.78 is 0. The standard InChI is InChI=1S/C14H21NO2S/c1-9(2)12(13(16)17)18-11-7-6-10(8-15-11)14(3,4)5/h6-9,12H,1-5H3,(H,16,17). The molecule has 0 radical (unpaired) electrons. The summed E-state index contributed by atoms with van der Waals surface area (Å²) >= 11 is 1.31. The quantitative estimate of drug-likeness (QED) is 0.847. The molecular weight excluding hydrogens is 246 g/mol. The first-order valence-electron chi connectivity index (χ1n) is 6.08. The molecule has 0 aliphatic carbocycles. The van der Waals surface area contributed by atoms with Crippen LogP contribution in [0.2, 0.25) is 0 Å². The van der Waals surface area contributed by atoms with Crippen molar-refractivity contribution in [1.29, 1.82) is 0 Å². The molecule has 0 bridgehead atoms. The van der Waals surface area contributed by atoms with Gasteiger partial charge >= 0.3 is 5.97 Å². The van der Waals surface area contributed by atoms with Crippen LogP contribution in [-0.4, -0.2) is 21.3 Å². The summed E-state index contributed by atoms with van der Waals surface area (Å²) in [5.41, 5.74) is 1.23. The van der Waals surface area contributed by atoms with E-state index >= 15 is 0 Å². The van der Waals surface area contributed by atoms with Crippen LogP contribution in [0.4, 0.5) is 0 Å². The second kappa shape index (κ2) is 5.74. The highest BCUT2D eigenvalue weighted by molar-refractivity contribution is 8.00. The molecule has 0 spiro atoms. The maximum Gasteiger partial charge on any atom is 0.317 e. The zero-order chi connectivity index (χ0) is 13.9. The maximum atomic E-state index is 11.1. The molecule has 0 aliphatic heterocycles. The fourth-order valence-electron chi connectivity index (χ4n) is 1.50. The first kappa shape index (κ1) is 15.0. The number of carboxylic acids is 1. The summed E-state index contributed by atoms with van der Waals surface area (Å²) in [5, 5.41) is 9.46. The number of hydrogen-bond donors (Lipinski definition) is 1. The summed E-state index contributed by atoms with van der Waals surface area (Å²) in [6, 6.07) is 3.93. The normalized spacial score (nSPS) is 13.7. The summed E-state index contributed by atoms with van der Waals surface area (Å²) in [6.07, 6.45) is 1.83. The third kappa shape index (κ3) is 4.02. The van der Waals surface area contributed by atoms with Crippen LogP contribution in [-0.2, 0) is 10.2 Å². The van der Waals surface area contributed by atoms with Crippen LogP contribution in [0.5, 0.6) is 0 Å². The molecule has 1 N–H and O–H groups in total. The van der Waals surface area contributed by atoms with Gasteiger partial charge in [-0.05, 0) is 23.0 Å². The van der Waals surface area contributed by atoms with E-state index in [4.69, 9.17) is 5.11 Å². The van der Waals surface area contributed by atoms with Crippen LogP contribution in [0.15, 0.2) is 23.4 Å². The monoisotopic (exact) mass is 267 g/mol. The van der Waals surface area contributed by atoms with Crippen LogP contribution in [0.3, 0.4) is 0 Å². The van der Waals surface area contributed by atoms with E-state index in [1.165, 1.54) is 11.8 Å². The fourth-order valence-corrected chi connectivity index (χ4v) is 2.39. The Morgan fingerprint density at radius 2 is 1.94 bits per heavy atom. The molecule has 4 heteroatoms. The molecular formula is C14H21NO2S. The average molecular weight is 267 g/mol. The van der Waals surface area contributed by atoms with Gasteiger partial charge in [0.25, 0.3) is 0 Å². The van der Waals surface area contributed by atoms with E-state index in [0.717, 1.165) is 10.6 Å². The molecule has 18 heavy (non-hydrogen) atoms. The lowest BCUT2D eigenvalue weighted by molar-refractivity contribution is -0.137. The number of pyridine rings is 1. The van der Waals surface area contributed by atoms with Crippen molar-refractivity contribution >= 4 is 17.7 Å². The van der Waals surface area contributed by atoms with Gasteiger partial charge in [-0.1, -0.05) is 52.4 Å². The van der Waals surface area contributed by atoms with Crippen molar-refractivity contribution in [3.05, 3.63) is 23.9 Å². The van der Waals surface area contributed by atoms with E-state index < -0.39 is 11.2 Å².